The van der Waals surface area contributed by atoms with Crippen molar-refractivity contribution in [3.8, 4) is 0 Å². The van der Waals surface area contributed by atoms with Gasteiger partial charge in [0, 0.05) is 37.1 Å². The maximum absolute atomic E-state index is 14.0. The average Bonchev–Trinajstić information content (AvgIpc) is 0.784. The fraction of sp³-hybridized carbons (Fsp3) is 0.821. The van der Waals surface area contributed by atoms with Crippen LogP contribution in [0.2, 0.25) is 0 Å². The van der Waals surface area contributed by atoms with Gasteiger partial charge in [-0.05, 0) is 12.1 Å². The highest BCUT2D eigenvalue weighted by Crippen LogP contribution is 2.40. The first-order chi connectivity index (χ1) is 45.7. The number of hydrogen-bond donors (Lipinski definition) is 21. The van der Waals surface area contributed by atoms with Crippen LogP contribution in [0.25, 0.3) is 10.8 Å². The third kappa shape index (κ3) is 15.1. The van der Waals surface area contributed by atoms with Crippen LogP contribution in [-0.4, -0.2) is 399 Å². The van der Waals surface area contributed by atoms with E-state index >= 15 is 0 Å². The van der Waals surface area contributed by atoms with Crippen molar-refractivity contribution in [2.45, 2.75) is 220 Å². The van der Waals surface area contributed by atoms with Crippen molar-refractivity contribution >= 4 is 26.5 Å². The zero-order chi connectivity index (χ0) is 69.5. The summed E-state index contributed by atoms with van der Waals surface area (Å²) in [6.45, 7) is -8.80. The third-order valence-corrected chi connectivity index (χ3v) is 19.6. The Bertz CT molecular complexity index is 2910. The Morgan fingerprint density at radius 3 is 0.906 bits per heavy atom. The second kappa shape index (κ2) is 32.1. The van der Waals surface area contributed by atoms with Crippen molar-refractivity contribution in [2.24, 2.45) is 0 Å². The summed E-state index contributed by atoms with van der Waals surface area (Å²) in [5.41, 5.74) is 0.704. The van der Waals surface area contributed by atoms with Gasteiger partial charge in [0.2, 0.25) is 10.0 Å². The monoisotopic (exact) mass is 1410 g/mol. The Labute approximate surface area is 546 Å². The van der Waals surface area contributed by atoms with Crippen LogP contribution >= 0.6 is 0 Å². The first-order valence-electron chi connectivity index (χ1n) is 30.8. The summed E-state index contributed by atoms with van der Waals surface area (Å²) in [6.07, 6.45) is -71.6. The molecule has 21 N–H and O–H groups in total. The van der Waals surface area contributed by atoms with Crippen molar-refractivity contribution in [3.05, 3.63) is 36.4 Å². The molecule has 0 spiro atoms. The molecule has 15 aliphatic rings. The molecule has 0 amide bonds. The standard InChI is InChI=1S/C56H86N2O37S/c1-58(2)20-7-3-6-19-18(20)5-4-8-28(19)96(79,80)57-9-10-81-49-41(78)48-27(17-65)88-56(49)95-47-26(16-64)87-54(40(77)34(47)71)93-45-24(14-62)85-52(38(75)32(45)69)91-43-22(12-60)83-50(36(73)30(43)67)89-42-21(11-59)82-51(35(72)29(42)66)90-44-23(13-61)84-53(37(74)31(44)68)92-46-25(15-63)86-55(94-48)39(76)33(46)70/h3-8,21-27,29-57,59-78H,9-17H2,1-2H3/t21-,22-,23-,24-,25-,26-,27-,29-,30-,31-,32-,33-,34-,35-,36-,37-,38-,39-,40-,41+,42-,43-,44-,45-,46-,47-,48-,49-,50-,51-,52-,53-,54-,55-,56-/m1/s1. The molecule has 0 aliphatic carbocycles. The summed E-state index contributed by atoms with van der Waals surface area (Å²) in [4.78, 5) is 1.66. The molecule has 15 aliphatic heterocycles. The number of anilines is 1. The van der Waals surface area contributed by atoms with E-state index in [-0.39, 0.29) is 4.90 Å². The second-order valence-electron chi connectivity index (χ2n) is 24.4. The quantitative estimate of drug-likeness (QED) is 0.0781. The topological polar surface area (TPSA) is 592 Å². The average molecular weight is 1410 g/mol. The highest BCUT2D eigenvalue weighted by Gasteiger charge is 2.60. The Kier molecular flexibility index (Phi) is 25.3. The summed E-state index contributed by atoms with van der Waals surface area (Å²) in [7, 11) is -0.821. The fourth-order valence-corrected chi connectivity index (χ4v) is 14.1. The Hall–Kier alpha value is -2.99. The minimum absolute atomic E-state index is 0.127. The molecule has 0 aromatic heterocycles. The molecule has 15 fully saturated rings. The Morgan fingerprint density at radius 2 is 0.615 bits per heavy atom. The van der Waals surface area contributed by atoms with E-state index in [0.29, 0.717) is 16.5 Å². The van der Waals surface area contributed by atoms with Crippen LogP contribution in [0.4, 0.5) is 5.69 Å². The predicted octanol–water partition coefficient (Wildman–Crippen LogP) is -13.0. The zero-order valence-electron chi connectivity index (χ0n) is 51.3. The van der Waals surface area contributed by atoms with E-state index in [1.807, 2.05) is 0 Å². The van der Waals surface area contributed by atoms with Gasteiger partial charge in [-0.15, -0.1) is 0 Å². The van der Waals surface area contributed by atoms with Crippen molar-refractivity contribution in [3.63, 3.8) is 0 Å². The predicted molar refractivity (Wildman–Crippen MR) is 306 cm³/mol. The van der Waals surface area contributed by atoms with Crippen LogP contribution in [0.15, 0.2) is 41.3 Å². The van der Waals surface area contributed by atoms with E-state index in [9.17, 15) is 111 Å². The number of ether oxygens (including phenoxy) is 15. The highest BCUT2D eigenvalue weighted by atomic mass is 32.2. The van der Waals surface area contributed by atoms with Crippen LogP contribution < -0.4 is 9.62 Å². The van der Waals surface area contributed by atoms with Crippen molar-refractivity contribution < 1.29 is 182 Å². The summed E-state index contributed by atoms with van der Waals surface area (Å²) in [6, 6.07) is 9.68. The van der Waals surface area contributed by atoms with Gasteiger partial charge in [0.15, 0.2) is 44.0 Å². The number of nitrogens with zero attached hydrogens (tertiary/aromatic N) is 1. The molecule has 39 nitrogen and oxygen atoms in total. The summed E-state index contributed by atoms with van der Waals surface area (Å²) < 4.78 is 118. The normalized spacial score (nSPS) is 46.9. The Balaban J connectivity index is 0.948. The Morgan fingerprint density at radius 1 is 0.354 bits per heavy atom. The lowest BCUT2D eigenvalue weighted by atomic mass is 9.95. The van der Waals surface area contributed by atoms with E-state index in [0.717, 1.165) is 0 Å². The smallest absolute Gasteiger partial charge is 0.241 e. The lowest BCUT2D eigenvalue weighted by Gasteiger charge is -2.50. The number of aliphatic hydroxyl groups excluding tert-OH is 20. The van der Waals surface area contributed by atoms with Crippen LogP contribution in [0.3, 0.4) is 0 Å². The van der Waals surface area contributed by atoms with E-state index in [4.69, 9.17) is 71.1 Å². The molecule has 2 aromatic carbocycles. The van der Waals surface area contributed by atoms with E-state index < -0.39 is 284 Å². The lowest BCUT2D eigenvalue weighted by molar-refractivity contribution is -0.398. The summed E-state index contributed by atoms with van der Waals surface area (Å²) in [5, 5.41) is 226. The van der Waals surface area contributed by atoms with Crippen LogP contribution in [0, 0.1) is 0 Å². The maximum atomic E-state index is 14.0. The number of hydrogen-bond acceptors (Lipinski definition) is 38. The van der Waals surface area contributed by atoms with Gasteiger partial charge in [-0.25, -0.2) is 13.1 Å². The van der Waals surface area contributed by atoms with Gasteiger partial charge < -0.3 is 178 Å². The molecule has 0 saturated carbocycles. The van der Waals surface area contributed by atoms with Gasteiger partial charge in [0.25, 0.3) is 0 Å². The molecule has 548 valence electrons. The molecule has 96 heavy (non-hydrogen) atoms. The first kappa shape index (κ1) is 75.7. The van der Waals surface area contributed by atoms with Crippen molar-refractivity contribution in [2.75, 3.05) is 78.4 Å². The number of fused-ring (bicyclic) bond motifs is 8. The lowest BCUT2D eigenvalue weighted by Crippen LogP contribution is -2.68. The fourth-order valence-electron chi connectivity index (χ4n) is 12.9. The minimum Gasteiger partial charge on any atom is -0.394 e. The number of nitrogens with one attached hydrogen (secondary N) is 1. The van der Waals surface area contributed by atoms with Crippen LogP contribution in [0.1, 0.15) is 0 Å². The SMILES string of the molecule is CN(C)c1cccc2c(S(=O)(=O)NCCO[C@H]3[C@H]4O[C@H]5[C@H](O)[C@@H](O)[C@@H](O[C@H]6[C@H](O)[C@@H](O)[C@@H](O[C@H]7[C@H](O)[C@@H](O)[C@@H](O[C@H]8[C@H](O)[C@@H](O)[C@@H](O[C@H]9[C@H](O)[C@@H](O)[C@@H](O[C@H]%10[C@H](O)[C@@H](O)[C@@H](O[C@@H]([C@@H]3O)[C@@H](CO)O4)O[C@@H]%10CO)O[C@@H]9CO)O[C@@H]8CO)O[C@@H]7CO)O[C@@H]6CO)O[C@@H]5CO)cccc12. The van der Waals surface area contributed by atoms with Gasteiger partial charge in [0.05, 0.1) is 57.8 Å². The van der Waals surface area contributed by atoms with Crippen molar-refractivity contribution in [1.29, 1.82) is 0 Å². The maximum Gasteiger partial charge on any atom is 0.241 e. The molecule has 0 unspecified atom stereocenters. The second-order valence-corrected chi connectivity index (χ2v) is 26.2. The molecule has 35 atom stereocenters. The largest absolute Gasteiger partial charge is 0.394 e. The van der Waals surface area contributed by atoms with Gasteiger partial charge >= 0.3 is 0 Å². The number of aliphatic hydroxyl groups is 20. The zero-order valence-corrected chi connectivity index (χ0v) is 52.1. The van der Waals surface area contributed by atoms with E-state index in [1.54, 1.807) is 43.3 Å². The van der Waals surface area contributed by atoms with Gasteiger partial charge in [-0.2, -0.15) is 0 Å². The first-order valence-corrected chi connectivity index (χ1v) is 32.3. The minimum atomic E-state index is -4.37. The van der Waals surface area contributed by atoms with Crippen LogP contribution in [-0.2, 0) is 81.1 Å². The third-order valence-electron chi connectivity index (χ3n) is 18.1. The number of sulfonamides is 1. The van der Waals surface area contributed by atoms with Gasteiger partial charge in [0.1, 0.15) is 171 Å². The number of rotatable bonds is 14. The van der Waals surface area contributed by atoms with E-state index in [2.05, 4.69) is 4.72 Å². The van der Waals surface area contributed by atoms with Gasteiger partial charge in [-0.1, -0.05) is 24.3 Å². The highest BCUT2D eigenvalue weighted by molar-refractivity contribution is 7.89. The molecule has 40 heteroatoms. The van der Waals surface area contributed by atoms with Crippen molar-refractivity contribution in [1.82, 2.24) is 4.72 Å². The number of benzene rings is 2. The molecular formula is C56H86N2O37S. The summed E-state index contributed by atoms with van der Waals surface area (Å²) >= 11 is 0. The molecule has 0 radical (unpaired) electrons. The molecular weight excluding hydrogens is 1320 g/mol. The molecule has 17 rings (SSSR count). The molecule has 15 heterocycles. The van der Waals surface area contributed by atoms with E-state index in [1.165, 1.54) is 12.1 Å². The summed E-state index contributed by atoms with van der Waals surface area (Å²) in [5.74, 6) is 0. The molecule has 15 saturated heterocycles. The van der Waals surface area contributed by atoms with Gasteiger partial charge in [-0.3, -0.25) is 0 Å². The van der Waals surface area contributed by atoms with Crippen LogP contribution in [0.5, 0.6) is 0 Å². The molecule has 2 aromatic rings. The molecule has 14 bridgehead atoms.